The lowest BCUT2D eigenvalue weighted by Crippen LogP contribution is -2.54. The van der Waals surface area contributed by atoms with E-state index >= 15 is 0 Å². The predicted molar refractivity (Wildman–Crippen MR) is 45.9 cm³/mol. The van der Waals surface area contributed by atoms with Gasteiger partial charge in [-0.1, -0.05) is 13.8 Å². The Balaban J connectivity index is 2.07. The van der Waals surface area contributed by atoms with Crippen molar-refractivity contribution in [3.63, 3.8) is 0 Å². The smallest absolute Gasteiger partial charge is 0.141 e. The van der Waals surface area contributed by atoms with E-state index in [1.54, 1.807) is 0 Å². The minimum Gasteiger partial charge on any atom is -0.378 e. The summed E-state index contributed by atoms with van der Waals surface area (Å²) in [6.07, 6.45) is 3.34. The number of hydrogen-bond acceptors (Lipinski definition) is 2. The molecule has 0 atom stereocenters. The van der Waals surface area contributed by atoms with Gasteiger partial charge in [0, 0.05) is 17.9 Å². The number of ketones is 1. The molecule has 2 saturated heterocycles. The standard InChI is InChI=1S/C10H16O2/c1-7(2)9(11)10-3-4-12-8(5-10)6-10/h7-8H,3-6H2,1-2H3. The summed E-state index contributed by atoms with van der Waals surface area (Å²) in [6, 6.07) is 0. The Morgan fingerprint density at radius 3 is 2.58 bits per heavy atom. The van der Waals surface area contributed by atoms with Crippen LogP contribution in [0.15, 0.2) is 0 Å². The number of fused-ring (bicyclic) bond motifs is 2. The van der Waals surface area contributed by atoms with Crippen LogP contribution in [0.3, 0.4) is 0 Å². The van der Waals surface area contributed by atoms with E-state index in [1.165, 1.54) is 0 Å². The molecule has 3 fully saturated rings. The molecule has 0 aromatic rings. The van der Waals surface area contributed by atoms with Crippen molar-refractivity contribution in [3.05, 3.63) is 0 Å². The highest BCUT2D eigenvalue weighted by Crippen LogP contribution is 2.51. The molecule has 0 unspecified atom stereocenters. The molecule has 0 aromatic carbocycles. The molecule has 0 amide bonds. The fraction of sp³-hybridized carbons (Fsp3) is 0.900. The van der Waals surface area contributed by atoms with Gasteiger partial charge in [-0.3, -0.25) is 4.79 Å². The zero-order valence-electron chi connectivity index (χ0n) is 7.80. The van der Waals surface area contributed by atoms with E-state index in [4.69, 9.17) is 4.74 Å². The van der Waals surface area contributed by atoms with Gasteiger partial charge in [-0.2, -0.15) is 0 Å². The van der Waals surface area contributed by atoms with Gasteiger partial charge in [0.1, 0.15) is 5.78 Å². The summed E-state index contributed by atoms with van der Waals surface area (Å²) in [6.45, 7) is 4.79. The molecule has 0 radical (unpaired) electrons. The van der Waals surface area contributed by atoms with Crippen molar-refractivity contribution in [1.29, 1.82) is 0 Å². The Morgan fingerprint density at radius 1 is 1.50 bits per heavy atom. The monoisotopic (exact) mass is 168 g/mol. The van der Waals surface area contributed by atoms with E-state index in [0.29, 0.717) is 11.9 Å². The minimum atomic E-state index is 0.0388. The van der Waals surface area contributed by atoms with Gasteiger partial charge in [0.05, 0.1) is 6.10 Å². The van der Waals surface area contributed by atoms with Crippen molar-refractivity contribution in [3.8, 4) is 0 Å². The van der Waals surface area contributed by atoms with Crippen LogP contribution in [0.4, 0.5) is 0 Å². The largest absolute Gasteiger partial charge is 0.378 e. The molecule has 0 aromatic heterocycles. The van der Waals surface area contributed by atoms with Crippen LogP contribution in [0.1, 0.15) is 33.1 Å². The van der Waals surface area contributed by atoms with Crippen LogP contribution in [0.2, 0.25) is 0 Å². The third-order valence-corrected chi connectivity index (χ3v) is 3.22. The SMILES string of the molecule is CC(C)C(=O)C12CCOC(C1)C2. The predicted octanol–water partition coefficient (Wildman–Crippen LogP) is 1.78. The summed E-state index contributed by atoms with van der Waals surface area (Å²) in [4.78, 5) is 11.8. The number of rotatable bonds is 2. The molecule has 2 heterocycles. The maximum atomic E-state index is 11.8. The molecular formula is C10H16O2. The number of carbonyl (C=O) groups is 1. The quantitative estimate of drug-likeness (QED) is 0.628. The molecule has 0 spiro atoms. The fourth-order valence-corrected chi connectivity index (χ4v) is 2.49. The Bertz CT molecular complexity index is 196. The Labute approximate surface area is 73.3 Å². The van der Waals surface area contributed by atoms with Gasteiger partial charge in [0.25, 0.3) is 0 Å². The number of Topliss-reactive ketones (excluding diaryl/α,β-unsaturated/α-hetero) is 1. The van der Waals surface area contributed by atoms with Gasteiger partial charge < -0.3 is 4.74 Å². The molecule has 2 aliphatic heterocycles. The summed E-state index contributed by atoms with van der Waals surface area (Å²) in [7, 11) is 0. The van der Waals surface area contributed by atoms with Crippen molar-refractivity contribution in [1.82, 2.24) is 0 Å². The van der Waals surface area contributed by atoms with E-state index in [1.807, 2.05) is 13.8 Å². The maximum absolute atomic E-state index is 11.8. The summed E-state index contributed by atoms with van der Waals surface area (Å²) in [5.41, 5.74) is 0.0388. The van der Waals surface area contributed by atoms with Crippen molar-refractivity contribution >= 4 is 5.78 Å². The van der Waals surface area contributed by atoms with E-state index in [2.05, 4.69) is 0 Å². The summed E-state index contributed by atoms with van der Waals surface area (Å²) in [5, 5.41) is 0. The number of ether oxygens (including phenoxy) is 1. The molecule has 68 valence electrons. The average Bonchev–Trinajstić information content (AvgIpc) is 2.02. The van der Waals surface area contributed by atoms with Gasteiger partial charge in [-0.15, -0.1) is 0 Å². The maximum Gasteiger partial charge on any atom is 0.141 e. The summed E-state index contributed by atoms with van der Waals surface area (Å²) in [5.74, 6) is 0.658. The highest BCUT2D eigenvalue weighted by atomic mass is 16.5. The zero-order chi connectivity index (χ0) is 8.77. The second-order valence-corrected chi connectivity index (χ2v) is 4.45. The van der Waals surface area contributed by atoms with Crippen LogP contribution >= 0.6 is 0 Å². The molecule has 2 bridgehead atoms. The first-order valence-corrected chi connectivity index (χ1v) is 4.80. The summed E-state index contributed by atoms with van der Waals surface area (Å²) < 4.78 is 5.45. The van der Waals surface area contributed by atoms with Crippen molar-refractivity contribution in [2.75, 3.05) is 6.61 Å². The first-order valence-electron chi connectivity index (χ1n) is 4.80. The van der Waals surface area contributed by atoms with E-state index < -0.39 is 0 Å². The molecule has 3 aliphatic rings. The highest BCUT2D eigenvalue weighted by molar-refractivity contribution is 5.87. The second-order valence-electron chi connectivity index (χ2n) is 4.45. The van der Waals surface area contributed by atoms with Crippen molar-refractivity contribution in [2.45, 2.75) is 39.2 Å². The normalized spacial score (nSPS) is 39.4. The first-order chi connectivity index (χ1) is 5.64. The lowest BCUT2D eigenvalue weighted by Gasteiger charge is -2.51. The molecule has 1 aliphatic carbocycles. The van der Waals surface area contributed by atoms with Gasteiger partial charge in [-0.25, -0.2) is 0 Å². The van der Waals surface area contributed by atoms with Gasteiger partial charge in [0.2, 0.25) is 0 Å². The lowest BCUT2D eigenvalue weighted by atomic mass is 9.59. The van der Waals surface area contributed by atoms with Crippen LogP contribution in [0, 0.1) is 11.3 Å². The van der Waals surface area contributed by atoms with Crippen LogP contribution in [-0.2, 0) is 9.53 Å². The highest BCUT2D eigenvalue weighted by Gasteiger charge is 2.53. The van der Waals surface area contributed by atoms with E-state index in [9.17, 15) is 4.79 Å². The van der Waals surface area contributed by atoms with Gasteiger partial charge >= 0.3 is 0 Å². The van der Waals surface area contributed by atoms with Gasteiger partial charge in [-0.05, 0) is 19.3 Å². The lowest BCUT2D eigenvalue weighted by molar-refractivity contribution is -0.173. The summed E-state index contributed by atoms with van der Waals surface area (Å²) >= 11 is 0. The minimum absolute atomic E-state index is 0.0388. The fourth-order valence-electron chi connectivity index (χ4n) is 2.49. The van der Waals surface area contributed by atoms with Crippen molar-refractivity contribution < 1.29 is 9.53 Å². The average molecular weight is 168 g/mol. The first kappa shape index (κ1) is 8.24. The molecule has 3 rings (SSSR count). The van der Waals surface area contributed by atoms with Crippen LogP contribution < -0.4 is 0 Å². The second kappa shape index (κ2) is 2.56. The van der Waals surface area contributed by atoms with Crippen LogP contribution in [0.5, 0.6) is 0 Å². The number of carbonyl (C=O) groups excluding carboxylic acids is 1. The topological polar surface area (TPSA) is 26.3 Å². The van der Waals surface area contributed by atoms with Crippen LogP contribution in [-0.4, -0.2) is 18.5 Å². The Hall–Kier alpha value is -0.370. The molecule has 2 heteroatoms. The van der Waals surface area contributed by atoms with E-state index in [-0.39, 0.29) is 11.3 Å². The number of hydrogen-bond donors (Lipinski definition) is 0. The third kappa shape index (κ3) is 1.01. The molecular weight excluding hydrogens is 152 g/mol. The van der Waals surface area contributed by atoms with E-state index in [0.717, 1.165) is 25.9 Å². The zero-order valence-corrected chi connectivity index (χ0v) is 7.80. The van der Waals surface area contributed by atoms with Crippen LogP contribution in [0.25, 0.3) is 0 Å². The molecule has 2 nitrogen and oxygen atoms in total. The van der Waals surface area contributed by atoms with Gasteiger partial charge in [0.15, 0.2) is 0 Å². The third-order valence-electron chi connectivity index (χ3n) is 3.22. The Kier molecular flexibility index (Phi) is 1.76. The molecule has 1 saturated carbocycles. The molecule has 0 N–H and O–H groups in total. The molecule has 12 heavy (non-hydrogen) atoms. The van der Waals surface area contributed by atoms with Crippen molar-refractivity contribution in [2.24, 2.45) is 11.3 Å². The Morgan fingerprint density at radius 2 is 2.17 bits per heavy atom.